The number of fused-ring (bicyclic) bond motifs is 1. The summed E-state index contributed by atoms with van der Waals surface area (Å²) >= 11 is 1.51. The average Bonchev–Trinajstić information content (AvgIpc) is 3.21. The van der Waals surface area contributed by atoms with E-state index in [1.54, 1.807) is 0 Å². The monoisotopic (exact) mass is 392 g/mol. The Kier molecular flexibility index (Phi) is 6.52. The highest BCUT2D eigenvalue weighted by Crippen LogP contribution is 2.40. The minimum absolute atomic E-state index is 0.0269. The van der Waals surface area contributed by atoms with Gasteiger partial charge in [0.25, 0.3) is 5.91 Å². The van der Waals surface area contributed by atoms with Gasteiger partial charge in [0.15, 0.2) is 0 Å². The first-order valence-corrected chi connectivity index (χ1v) is 10.7. The van der Waals surface area contributed by atoms with Crippen molar-refractivity contribution in [3.05, 3.63) is 16.0 Å². The fourth-order valence-electron chi connectivity index (χ4n) is 4.00. The Hall–Kier alpha value is -1.89. The number of anilines is 1. The summed E-state index contributed by atoms with van der Waals surface area (Å²) < 4.78 is 0. The summed E-state index contributed by atoms with van der Waals surface area (Å²) in [5.41, 5.74) is 1.73. The maximum atomic E-state index is 13.0. The second-order valence-electron chi connectivity index (χ2n) is 7.81. The molecule has 2 aliphatic rings. The van der Waals surface area contributed by atoms with Crippen LogP contribution in [0, 0.1) is 5.92 Å². The van der Waals surface area contributed by atoms with E-state index in [1.165, 1.54) is 16.2 Å². The van der Waals surface area contributed by atoms with E-state index in [1.807, 2.05) is 0 Å². The molecule has 1 atom stereocenters. The molecule has 27 heavy (non-hydrogen) atoms. The number of aliphatic carboxylic acids is 1. The lowest BCUT2D eigenvalue weighted by molar-refractivity contribution is -0.137. The minimum Gasteiger partial charge on any atom is -0.481 e. The fourth-order valence-corrected chi connectivity index (χ4v) is 5.42. The van der Waals surface area contributed by atoms with Gasteiger partial charge in [-0.3, -0.25) is 14.4 Å². The van der Waals surface area contributed by atoms with E-state index in [4.69, 9.17) is 5.11 Å². The molecule has 1 heterocycles. The third-order valence-corrected chi connectivity index (χ3v) is 6.65. The molecule has 0 radical (unpaired) electrons. The maximum Gasteiger partial charge on any atom is 0.303 e. The van der Waals surface area contributed by atoms with Gasteiger partial charge in [0.2, 0.25) is 5.91 Å². The van der Waals surface area contributed by atoms with Gasteiger partial charge in [-0.25, -0.2) is 0 Å². The SMILES string of the molecule is C[C@@H]1CCc2c(sc(NC(=O)CCCC(=O)O)c2C(=O)NC2CCCC2)C1. The highest BCUT2D eigenvalue weighted by atomic mass is 32.1. The number of carbonyl (C=O) groups is 3. The van der Waals surface area contributed by atoms with Crippen molar-refractivity contribution in [3.63, 3.8) is 0 Å². The van der Waals surface area contributed by atoms with Crippen molar-refractivity contribution in [2.75, 3.05) is 5.32 Å². The molecule has 1 saturated carbocycles. The maximum absolute atomic E-state index is 13.0. The van der Waals surface area contributed by atoms with Crippen LogP contribution in [0.4, 0.5) is 5.00 Å². The van der Waals surface area contributed by atoms with Crippen molar-refractivity contribution in [2.45, 2.75) is 77.2 Å². The van der Waals surface area contributed by atoms with Gasteiger partial charge < -0.3 is 15.7 Å². The summed E-state index contributed by atoms with van der Waals surface area (Å²) in [4.78, 5) is 37.1. The average molecular weight is 393 g/mol. The van der Waals surface area contributed by atoms with Crippen LogP contribution in [0.5, 0.6) is 0 Å². The Morgan fingerprint density at radius 3 is 2.59 bits per heavy atom. The molecule has 1 fully saturated rings. The molecule has 2 amide bonds. The summed E-state index contributed by atoms with van der Waals surface area (Å²) in [6.45, 7) is 2.21. The second-order valence-corrected chi connectivity index (χ2v) is 8.91. The zero-order valence-electron chi connectivity index (χ0n) is 15.8. The first-order chi connectivity index (χ1) is 12.9. The lowest BCUT2D eigenvalue weighted by Gasteiger charge is -2.19. The summed E-state index contributed by atoms with van der Waals surface area (Å²) in [7, 11) is 0. The van der Waals surface area contributed by atoms with Gasteiger partial charge in [-0.1, -0.05) is 19.8 Å². The van der Waals surface area contributed by atoms with Crippen molar-refractivity contribution in [1.29, 1.82) is 0 Å². The van der Waals surface area contributed by atoms with Gasteiger partial charge in [0.05, 0.1) is 5.56 Å². The molecular weight excluding hydrogens is 364 g/mol. The molecule has 0 unspecified atom stereocenters. The number of thiophene rings is 1. The smallest absolute Gasteiger partial charge is 0.303 e. The lowest BCUT2D eigenvalue weighted by Crippen LogP contribution is -2.33. The Bertz CT molecular complexity index is 722. The Morgan fingerprint density at radius 1 is 1.15 bits per heavy atom. The topological polar surface area (TPSA) is 95.5 Å². The molecule has 2 aliphatic carbocycles. The van der Waals surface area contributed by atoms with Gasteiger partial charge in [-0.2, -0.15) is 0 Å². The Balaban J connectivity index is 1.76. The number of rotatable bonds is 7. The molecule has 0 aromatic carbocycles. The molecule has 0 bridgehead atoms. The summed E-state index contributed by atoms with van der Waals surface area (Å²) in [6, 6.07) is 0.231. The van der Waals surface area contributed by atoms with Crippen molar-refractivity contribution in [3.8, 4) is 0 Å². The third kappa shape index (κ3) is 5.09. The second kappa shape index (κ2) is 8.87. The predicted molar refractivity (Wildman–Crippen MR) is 105 cm³/mol. The number of carboxylic acids is 1. The van der Waals surface area contributed by atoms with Crippen LogP contribution in [0.25, 0.3) is 0 Å². The lowest BCUT2D eigenvalue weighted by atomic mass is 9.88. The zero-order valence-corrected chi connectivity index (χ0v) is 16.6. The van der Waals surface area contributed by atoms with Crippen LogP contribution in [-0.2, 0) is 22.4 Å². The summed E-state index contributed by atoms with van der Waals surface area (Å²) in [6.07, 6.45) is 7.63. The summed E-state index contributed by atoms with van der Waals surface area (Å²) in [5.74, 6) is -0.617. The van der Waals surface area contributed by atoms with Crippen LogP contribution >= 0.6 is 11.3 Å². The van der Waals surface area contributed by atoms with Gasteiger partial charge in [-0.05, 0) is 50.0 Å². The number of hydrogen-bond acceptors (Lipinski definition) is 4. The van der Waals surface area contributed by atoms with Gasteiger partial charge in [0, 0.05) is 23.8 Å². The number of hydrogen-bond donors (Lipinski definition) is 3. The zero-order chi connectivity index (χ0) is 19.4. The first kappa shape index (κ1) is 19.9. The number of carboxylic acid groups (broad SMARTS) is 1. The van der Waals surface area contributed by atoms with Crippen molar-refractivity contribution < 1.29 is 19.5 Å². The molecule has 3 N–H and O–H groups in total. The summed E-state index contributed by atoms with van der Waals surface area (Å²) in [5, 5.41) is 15.4. The normalized spacial score (nSPS) is 19.5. The van der Waals surface area contributed by atoms with Crippen LogP contribution in [0.15, 0.2) is 0 Å². The van der Waals surface area contributed by atoms with Crippen LogP contribution in [0.2, 0.25) is 0 Å². The minimum atomic E-state index is -0.903. The quantitative estimate of drug-likeness (QED) is 0.659. The Morgan fingerprint density at radius 2 is 1.89 bits per heavy atom. The van der Waals surface area contributed by atoms with Gasteiger partial charge >= 0.3 is 5.97 Å². The molecule has 1 aromatic rings. The van der Waals surface area contributed by atoms with E-state index in [9.17, 15) is 14.4 Å². The molecule has 7 heteroatoms. The molecular formula is C20H28N2O4S. The highest BCUT2D eigenvalue weighted by Gasteiger charge is 2.29. The van der Waals surface area contributed by atoms with Crippen LogP contribution in [-0.4, -0.2) is 28.9 Å². The number of nitrogens with one attached hydrogen (secondary N) is 2. The highest BCUT2D eigenvalue weighted by molar-refractivity contribution is 7.17. The molecule has 0 aliphatic heterocycles. The van der Waals surface area contributed by atoms with Crippen molar-refractivity contribution in [1.82, 2.24) is 5.32 Å². The third-order valence-electron chi connectivity index (χ3n) is 5.48. The molecule has 3 rings (SSSR count). The van der Waals surface area contributed by atoms with Gasteiger partial charge in [-0.15, -0.1) is 11.3 Å². The Labute approximate surface area is 163 Å². The largest absolute Gasteiger partial charge is 0.481 e. The molecule has 0 spiro atoms. The van der Waals surface area contributed by atoms with Crippen LogP contribution in [0.3, 0.4) is 0 Å². The van der Waals surface area contributed by atoms with E-state index in [0.717, 1.165) is 50.5 Å². The first-order valence-electron chi connectivity index (χ1n) is 9.91. The van der Waals surface area contributed by atoms with E-state index in [0.29, 0.717) is 22.9 Å². The number of carbonyl (C=O) groups excluding carboxylic acids is 2. The van der Waals surface area contributed by atoms with Gasteiger partial charge in [0.1, 0.15) is 5.00 Å². The standard InChI is InChI=1S/C20H28N2O4S/c1-12-9-10-14-15(11-12)27-20(22-16(23)7-4-8-17(24)25)18(14)19(26)21-13-5-2-3-6-13/h12-13H,2-11H2,1H3,(H,21,26)(H,22,23)(H,24,25)/t12-/m1/s1. The molecule has 148 valence electrons. The van der Waals surface area contributed by atoms with E-state index in [-0.39, 0.29) is 30.7 Å². The van der Waals surface area contributed by atoms with Crippen LogP contribution < -0.4 is 10.6 Å². The molecule has 6 nitrogen and oxygen atoms in total. The van der Waals surface area contributed by atoms with E-state index < -0.39 is 5.97 Å². The van der Waals surface area contributed by atoms with Crippen molar-refractivity contribution in [2.24, 2.45) is 5.92 Å². The number of amides is 2. The van der Waals surface area contributed by atoms with Crippen LogP contribution in [0.1, 0.15) is 79.1 Å². The molecule has 0 saturated heterocycles. The fraction of sp³-hybridized carbons (Fsp3) is 0.650. The van der Waals surface area contributed by atoms with E-state index >= 15 is 0 Å². The predicted octanol–water partition coefficient (Wildman–Crippen LogP) is 3.74. The van der Waals surface area contributed by atoms with Crippen molar-refractivity contribution >= 4 is 34.1 Å². The molecule has 1 aromatic heterocycles. The van der Waals surface area contributed by atoms with E-state index in [2.05, 4.69) is 17.6 Å².